The number of carboxylic acid groups (broad SMARTS) is 2. The van der Waals surface area contributed by atoms with Crippen molar-refractivity contribution in [2.45, 2.75) is 25.0 Å². The number of ether oxygens (including phenoxy) is 1. The van der Waals surface area contributed by atoms with E-state index < -0.39 is 48.9 Å². The first-order valence-corrected chi connectivity index (χ1v) is 4.31. The number of esters is 2. The van der Waals surface area contributed by atoms with E-state index in [0.717, 1.165) is 0 Å². The molecule has 0 aliphatic carbocycles. The number of aliphatic carboxylic acids is 2. The van der Waals surface area contributed by atoms with Crippen molar-refractivity contribution in [3.63, 3.8) is 0 Å². The van der Waals surface area contributed by atoms with E-state index in [1.54, 1.807) is 0 Å². The molecule has 0 spiro atoms. The zero-order valence-electron chi connectivity index (χ0n) is 8.40. The number of rotatable bonds is 6. The van der Waals surface area contributed by atoms with Crippen LogP contribution >= 0.6 is 0 Å². The summed E-state index contributed by atoms with van der Waals surface area (Å²) in [4.78, 5) is 41.9. The second-order valence-electron chi connectivity index (χ2n) is 2.91. The third kappa shape index (κ3) is 10.4. The second-order valence-corrected chi connectivity index (χ2v) is 2.91. The van der Waals surface area contributed by atoms with Gasteiger partial charge in [-0.05, 0) is 0 Å². The standard InChI is InChI=1S/C8H10O9.2Na.2H/c9-3(10)1-2-4(11)17-8(16)6(13)5(12)7(14)15;;;;/h5-6,12-13H,1-2H2,(H,9,10)(H,14,15);;;;. The Hall–Kier alpha value is 0. The van der Waals surface area contributed by atoms with Gasteiger partial charge in [-0.2, -0.15) is 0 Å². The average molecular weight is 298 g/mol. The summed E-state index contributed by atoms with van der Waals surface area (Å²) in [6.07, 6.45) is -6.03. The number of hydrogen-bond donors (Lipinski definition) is 4. The molecule has 0 fully saturated rings. The van der Waals surface area contributed by atoms with Crippen LogP contribution in [-0.2, 0) is 23.9 Å². The summed E-state index contributed by atoms with van der Waals surface area (Å²) in [5, 5.41) is 34.1. The monoisotopic (exact) mass is 298 g/mol. The van der Waals surface area contributed by atoms with E-state index >= 15 is 0 Å². The van der Waals surface area contributed by atoms with E-state index in [2.05, 4.69) is 4.74 Å². The molecule has 0 saturated heterocycles. The maximum absolute atomic E-state index is 10.9. The van der Waals surface area contributed by atoms with Gasteiger partial charge in [-0.25, -0.2) is 9.59 Å². The Balaban J connectivity index is -0.00000128. The number of carbonyl (C=O) groups excluding carboxylic acids is 2. The van der Waals surface area contributed by atoms with Crippen LogP contribution in [0.15, 0.2) is 0 Å². The molecule has 0 aromatic carbocycles. The van der Waals surface area contributed by atoms with Gasteiger partial charge >= 0.3 is 83.0 Å². The summed E-state index contributed by atoms with van der Waals surface area (Å²) >= 11 is 0. The molecule has 0 saturated carbocycles. The van der Waals surface area contributed by atoms with Crippen LogP contribution in [0.3, 0.4) is 0 Å². The van der Waals surface area contributed by atoms with Crippen molar-refractivity contribution < 1.29 is 44.3 Å². The Kier molecular flexibility index (Phi) is 14.9. The van der Waals surface area contributed by atoms with Gasteiger partial charge in [0.2, 0.25) is 0 Å². The number of aliphatic hydroxyl groups excluding tert-OH is 2. The van der Waals surface area contributed by atoms with Gasteiger partial charge in [0.25, 0.3) is 0 Å². The molecule has 19 heavy (non-hydrogen) atoms. The molecule has 0 aliphatic heterocycles. The zero-order valence-corrected chi connectivity index (χ0v) is 8.40. The summed E-state index contributed by atoms with van der Waals surface area (Å²) in [5.74, 6) is -6.06. The Morgan fingerprint density at radius 3 is 1.74 bits per heavy atom. The van der Waals surface area contributed by atoms with Crippen molar-refractivity contribution in [1.82, 2.24) is 0 Å². The Morgan fingerprint density at radius 2 is 1.37 bits per heavy atom. The van der Waals surface area contributed by atoms with Crippen molar-refractivity contribution in [1.29, 1.82) is 0 Å². The quantitative estimate of drug-likeness (QED) is 0.221. The third-order valence-electron chi connectivity index (χ3n) is 1.55. The van der Waals surface area contributed by atoms with Crippen LogP contribution in [0.5, 0.6) is 0 Å². The first kappa shape index (κ1) is 24.0. The molecule has 9 nitrogen and oxygen atoms in total. The molecule has 11 heteroatoms. The number of hydrogen-bond acceptors (Lipinski definition) is 7. The Labute approximate surface area is 151 Å². The van der Waals surface area contributed by atoms with Gasteiger partial charge in [-0.15, -0.1) is 0 Å². The molecular formula is C8H12Na2O9. The molecule has 0 rings (SSSR count). The van der Waals surface area contributed by atoms with Crippen LogP contribution in [-0.4, -0.2) is 116 Å². The molecule has 0 radical (unpaired) electrons. The fourth-order valence-corrected chi connectivity index (χ4v) is 0.697. The normalized spacial score (nSPS) is 12.1. The van der Waals surface area contributed by atoms with Crippen molar-refractivity contribution in [2.24, 2.45) is 0 Å². The molecular weight excluding hydrogens is 286 g/mol. The van der Waals surface area contributed by atoms with Crippen LogP contribution in [0.4, 0.5) is 0 Å². The summed E-state index contributed by atoms with van der Waals surface area (Å²) < 4.78 is 3.92. The predicted molar refractivity (Wildman–Crippen MR) is 61.9 cm³/mol. The fourth-order valence-electron chi connectivity index (χ4n) is 0.697. The van der Waals surface area contributed by atoms with E-state index in [-0.39, 0.29) is 59.1 Å². The van der Waals surface area contributed by atoms with E-state index in [1.165, 1.54) is 0 Å². The molecule has 0 aromatic rings. The third-order valence-corrected chi connectivity index (χ3v) is 1.55. The molecule has 100 valence electrons. The minimum absolute atomic E-state index is 0. The molecule has 2 unspecified atom stereocenters. The van der Waals surface area contributed by atoms with Crippen LogP contribution in [0.25, 0.3) is 0 Å². The van der Waals surface area contributed by atoms with Crippen molar-refractivity contribution in [3.05, 3.63) is 0 Å². The van der Waals surface area contributed by atoms with E-state index in [9.17, 15) is 19.2 Å². The van der Waals surface area contributed by atoms with Gasteiger partial charge in [0.1, 0.15) is 0 Å². The molecule has 2 atom stereocenters. The second kappa shape index (κ2) is 11.8. The summed E-state index contributed by atoms with van der Waals surface area (Å²) in [6.45, 7) is 0. The van der Waals surface area contributed by atoms with Crippen LogP contribution in [0, 0.1) is 0 Å². The first-order valence-electron chi connectivity index (χ1n) is 4.31. The van der Waals surface area contributed by atoms with Gasteiger partial charge in [-0.1, -0.05) is 0 Å². The SMILES string of the molecule is O=C(O)CCC(=O)OC(=O)C(O)C(O)C(=O)O.[NaH].[NaH]. The van der Waals surface area contributed by atoms with Gasteiger partial charge in [0.15, 0.2) is 12.2 Å². The van der Waals surface area contributed by atoms with Crippen molar-refractivity contribution in [3.8, 4) is 0 Å². The molecule has 0 aromatic heterocycles. The molecule has 0 amide bonds. The summed E-state index contributed by atoms with van der Waals surface area (Å²) in [7, 11) is 0. The fraction of sp³-hybridized carbons (Fsp3) is 0.500. The van der Waals surface area contributed by atoms with Gasteiger partial charge < -0.3 is 25.2 Å². The number of carbonyl (C=O) groups is 4. The minimum atomic E-state index is -2.42. The number of carboxylic acids is 2. The van der Waals surface area contributed by atoms with Crippen LogP contribution in [0.2, 0.25) is 0 Å². The molecule has 0 heterocycles. The Bertz CT molecular complexity index is 343. The first-order chi connectivity index (χ1) is 7.75. The van der Waals surface area contributed by atoms with Gasteiger partial charge in [0, 0.05) is 0 Å². The van der Waals surface area contributed by atoms with Crippen LogP contribution < -0.4 is 0 Å². The predicted octanol–water partition coefficient (Wildman–Crippen LogP) is -3.57. The topological polar surface area (TPSA) is 158 Å². The van der Waals surface area contributed by atoms with Gasteiger partial charge in [0.05, 0.1) is 12.8 Å². The van der Waals surface area contributed by atoms with Crippen LogP contribution in [0.1, 0.15) is 12.8 Å². The molecule has 4 N–H and O–H groups in total. The number of aliphatic hydroxyl groups is 2. The Morgan fingerprint density at radius 1 is 0.895 bits per heavy atom. The molecule has 0 aliphatic rings. The van der Waals surface area contributed by atoms with Gasteiger partial charge in [-0.3, -0.25) is 9.59 Å². The van der Waals surface area contributed by atoms with E-state index in [4.69, 9.17) is 20.4 Å². The zero-order chi connectivity index (χ0) is 13.6. The molecule has 0 bridgehead atoms. The van der Waals surface area contributed by atoms with Crippen molar-refractivity contribution >= 4 is 83.0 Å². The van der Waals surface area contributed by atoms with Crippen molar-refractivity contribution in [2.75, 3.05) is 0 Å². The summed E-state index contributed by atoms with van der Waals surface area (Å²) in [6, 6.07) is 0. The average Bonchev–Trinajstić information content (AvgIpc) is 2.23. The van der Waals surface area contributed by atoms with E-state index in [1.807, 2.05) is 0 Å². The summed E-state index contributed by atoms with van der Waals surface area (Å²) in [5.41, 5.74) is 0. The maximum atomic E-state index is 10.9. The van der Waals surface area contributed by atoms with E-state index in [0.29, 0.717) is 0 Å².